The lowest BCUT2D eigenvalue weighted by atomic mass is 10.1. The number of nitrogens with zero attached hydrogens (tertiary/aromatic N) is 2. The van der Waals surface area contributed by atoms with Crippen LogP contribution in [0.1, 0.15) is 11.1 Å². The number of rotatable bonds is 6. The number of halogens is 2. The van der Waals surface area contributed by atoms with Crippen LogP contribution in [0.3, 0.4) is 0 Å². The SMILES string of the molecule is Oc1ccc(Br)cc1-c1nc2cc(OCc3ccccc3)ccc2n1Cc1ccc(Cl)cc1. The van der Waals surface area contributed by atoms with Crippen molar-refractivity contribution in [1.82, 2.24) is 9.55 Å². The fourth-order valence-electron chi connectivity index (χ4n) is 3.77. The molecule has 0 bridgehead atoms. The number of benzene rings is 4. The summed E-state index contributed by atoms with van der Waals surface area (Å²) in [6.45, 7) is 1.07. The van der Waals surface area contributed by atoms with E-state index in [9.17, 15) is 5.11 Å². The van der Waals surface area contributed by atoms with E-state index in [1.165, 1.54) is 0 Å². The molecule has 0 radical (unpaired) electrons. The van der Waals surface area contributed by atoms with Crippen molar-refractivity contribution < 1.29 is 9.84 Å². The Morgan fingerprint density at radius 2 is 1.67 bits per heavy atom. The first-order valence-corrected chi connectivity index (χ1v) is 11.6. The minimum absolute atomic E-state index is 0.173. The summed E-state index contributed by atoms with van der Waals surface area (Å²) in [6, 6.07) is 29.1. The normalized spacial score (nSPS) is 11.1. The molecule has 5 rings (SSSR count). The second-order valence-corrected chi connectivity index (χ2v) is 9.09. The van der Waals surface area contributed by atoms with Crippen molar-refractivity contribution in [3.8, 4) is 22.9 Å². The van der Waals surface area contributed by atoms with Crippen LogP contribution in [-0.4, -0.2) is 14.7 Å². The van der Waals surface area contributed by atoms with Crippen LogP contribution in [0, 0.1) is 0 Å². The van der Waals surface area contributed by atoms with E-state index in [0.29, 0.717) is 29.6 Å². The Morgan fingerprint density at radius 1 is 0.879 bits per heavy atom. The summed E-state index contributed by atoms with van der Waals surface area (Å²) in [7, 11) is 0. The molecule has 33 heavy (non-hydrogen) atoms. The minimum Gasteiger partial charge on any atom is -0.507 e. The molecule has 0 amide bonds. The van der Waals surface area contributed by atoms with Gasteiger partial charge in [0.1, 0.15) is 23.9 Å². The molecule has 0 aliphatic heterocycles. The molecule has 0 aliphatic carbocycles. The van der Waals surface area contributed by atoms with Gasteiger partial charge in [-0.1, -0.05) is 70.0 Å². The van der Waals surface area contributed by atoms with Gasteiger partial charge in [-0.25, -0.2) is 4.98 Å². The first kappa shape index (κ1) is 21.6. The molecule has 1 heterocycles. The molecule has 1 aromatic heterocycles. The zero-order valence-electron chi connectivity index (χ0n) is 17.6. The fourth-order valence-corrected chi connectivity index (χ4v) is 4.25. The molecule has 0 saturated heterocycles. The maximum atomic E-state index is 10.6. The molecule has 0 spiro atoms. The summed E-state index contributed by atoms with van der Waals surface area (Å²) in [4.78, 5) is 4.89. The molecule has 5 aromatic rings. The van der Waals surface area contributed by atoms with Crippen molar-refractivity contribution in [3.05, 3.63) is 112 Å². The molecule has 0 fully saturated rings. The molecular weight excluding hydrogens is 500 g/mol. The number of aromatic hydroxyl groups is 1. The van der Waals surface area contributed by atoms with Crippen LogP contribution < -0.4 is 4.74 Å². The number of hydrogen-bond acceptors (Lipinski definition) is 3. The second kappa shape index (κ2) is 9.30. The maximum Gasteiger partial charge on any atom is 0.145 e. The van der Waals surface area contributed by atoms with Gasteiger partial charge in [0.2, 0.25) is 0 Å². The number of phenols is 1. The monoisotopic (exact) mass is 518 g/mol. The van der Waals surface area contributed by atoms with Gasteiger partial charge >= 0.3 is 0 Å². The van der Waals surface area contributed by atoms with E-state index in [4.69, 9.17) is 21.3 Å². The van der Waals surface area contributed by atoms with E-state index in [2.05, 4.69) is 20.5 Å². The standard InChI is InChI=1S/C27H20BrClN2O2/c28-20-8-13-26(32)23(14-20)27-30-24-15-22(33-17-19-4-2-1-3-5-19)11-12-25(24)31(27)16-18-6-9-21(29)10-7-18/h1-15,32H,16-17H2. The Balaban J connectivity index is 1.57. The summed E-state index contributed by atoms with van der Waals surface area (Å²) >= 11 is 9.58. The van der Waals surface area contributed by atoms with Crippen molar-refractivity contribution in [1.29, 1.82) is 0 Å². The highest BCUT2D eigenvalue weighted by Crippen LogP contribution is 2.35. The molecule has 1 N–H and O–H groups in total. The first-order chi connectivity index (χ1) is 16.1. The average molecular weight is 520 g/mol. The Hall–Kier alpha value is -3.28. The lowest BCUT2D eigenvalue weighted by Gasteiger charge is -2.12. The predicted molar refractivity (Wildman–Crippen MR) is 136 cm³/mol. The molecular formula is C27H20BrClN2O2. The van der Waals surface area contributed by atoms with Gasteiger partial charge in [0.25, 0.3) is 0 Å². The van der Waals surface area contributed by atoms with Crippen molar-refractivity contribution in [3.63, 3.8) is 0 Å². The Morgan fingerprint density at radius 3 is 2.45 bits per heavy atom. The van der Waals surface area contributed by atoms with Gasteiger partial charge in [0.05, 0.1) is 16.6 Å². The Kier molecular flexibility index (Phi) is 6.07. The van der Waals surface area contributed by atoms with E-state index >= 15 is 0 Å². The number of phenolic OH excluding ortho intramolecular Hbond substituents is 1. The topological polar surface area (TPSA) is 47.3 Å². The number of fused-ring (bicyclic) bond motifs is 1. The molecule has 164 valence electrons. The second-order valence-electron chi connectivity index (χ2n) is 7.73. The summed E-state index contributed by atoms with van der Waals surface area (Å²) in [5.41, 5.74) is 4.58. The highest BCUT2D eigenvalue weighted by molar-refractivity contribution is 9.10. The van der Waals surface area contributed by atoms with Crippen LogP contribution >= 0.6 is 27.5 Å². The fraction of sp³-hybridized carbons (Fsp3) is 0.0741. The van der Waals surface area contributed by atoms with Crippen LogP contribution in [0.5, 0.6) is 11.5 Å². The van der Waals surface area contributed by atoms with Crippen molar-refractivity contribution >= 4 is 38.6 Å². The van der Waals surface area contributed by atoms with E-state index < -0.39 is 0 Å². The third-order valence-corrected chi connectivity index (χ3v) is 6.17. The van der Waals surface area contributed by atoms with Crippen LogP contribution in [0.4, 0.5) is 0 Å². The van der Waals surface area contributed by atoms with Crippen molar-refractivity contribution in [2.75, 3.05) is 0 Å². The molecule has 0 atom stereocenters. The molecule has 4 nitrogen and oxygen atoms in total. The van der Waals surface area contributed by atoms with E-state index in [-0.39, 0.29) is 5.75 Å². The van der Waals surface area contributed by atoms with Gasteiger partial charge in [-0.05, 0) is 53.6 Å². The van der Waals surface area contributed by atoms with Crippen LogP contribution in [0.25, 0.3) is 22.4 Å². The predicted octanol–water partition coefficient (Wildman–Crippen LogP) is 7.45. The number of hydrogen-bond donors (Lipinski definition) is 1. The van der Waals surface area contributed by atoms with E-state index in [0.717, 1.165) is 32.4 Å². The highest BCUT2D eigenvalue weighted by Gasteiger charge is 2.17. The van der Waals surface area contributed by atoms with Gasteiger partial charge in [0, 0.05) is 22.1 Å². The van der Waals surface area contributed by atoms with Crippen LogP contribution in [0.2, 0.25) is 5.02 Å². The van der Waals surface area contributed by atoms with Gasteiger partial charge < -0.3 is 14.4 Å². The number of ether oxygens (including phenoxy) is 1. The first-order valence-electron chi connectivity index (χ1n) is 10.5. The van der Waals surface area contributed by atoms with Gasteiger partial charge in [-0.2, -0.15) is 0 Å². The smallest absolute Gasteiger partial charge is 0.145 e. The third-order valence-electron chi connectivity index (χ3n) is 5.42. The minimum atomic E-state index is 0.173. The number of imidazole rings is 1. The summed E-state index contributed by atoms with van der Waals surface area (Å²) < 4.78 is 8.97. The van der Waals surface area contributed by atoms with Crippen LogP contribution in [-0.2, 0) is 13.2 Å². The highest BCUT2D eigenvalue weighted by atomic mass is 79.9. The molecule has 0 unspecified atom stereocenters. The number of aromatic nitrogens is 2. The van der Waals surface area contributed by atoms with Gasteiger partial charge in [-0.15, -0.1) is 0 Å². The molecule has 0 saturated carbocycles. The van der Waals surface area contributed by atoms with Crippen LogP contribution in [0.15, 0.2) is 95.5 Å². The average Bonchev–Trinajstić information content (AvgIpc) is 3.18. The summed E-state index contributed by atoms with van der Waals surface area (Å²) in [5.74, 6) is 1.60. The third kappa shape index (κ3) is 4.75. The maximum absolute atomic E-state index is 10.6. The van der Waals surface area contributed by atoms with Gasteiger partial charge in [-0.3, -0.25) is 0 Å². The zero-order valence-corrected chi connectivity index (χ0v) is 19.9. The quantitative estimate of drug-likeness (QED) is 0.253. The van der Waals surface area contributed by atoms with E-state index in [1.807, 2.05) is 78.9 Å². The Bertz CT molecular complexity index is 1420. The van der Waals surface area contributed by atoms with Crippen molar-refractivity contribution in [2.45, 2.75) is 13.2 Å². The molecule has 0 aliphatic rings. The molecule has 6 heteroatoms. The largest absolute Gasteiger partial charge is 0.507 e. The lowest BCUT2D eigenvalue weighted by Crippen LogP contribution is -2.02. The summed E-state index contributed by atoms with van der Waals surface area (Å²) in [5, 5.41) is 11.3. The zero-order chi connectivity index (χ0) is 22.8. The van der Waals surface area contributed by atoms with Crippen molar-refractivity contribution in [2.24, 2.45) is 0 Å². The van der Waals surface area contributed by atoms with Gasteiger partial charge in [0.15, 0.2) is 0 Å². The Labute approximate surface area is 205 Å². The lowest BCUT2D eigenvalue weighted by molar-refractivity contribution is 0.306. The summed E-state index contributed by atoms with van der Waals surface area (Å²) in [6.07, 6.45) is 0. The van der Waals surface area contributed by atoms with E-state index in [1.54, 1.807) is 12.1 Å². The molecule has 4 aromatic carbocycles.